The Morgan fingerprint density at radius 3 is 2.50 bits per heavy atom. The van der Waals surface area contributed by atoms with E-state index in [0.29, 0.717) is 22.0 Å². The zero-order valence-corrected chi connectivity index (χ0v) is 14.6. The Balaban J connectivity index is 2.34. The molecule has 0 saturated carbocycles. The summed E-state index contributed by atoms with van der Waals surface area (Å²) in [7, 11) is -1.89. The molecule has 0 bridgehead atoms. The lowest BCUT2D eigenvalue weighted by Gasteiger charge is -2.22. The molecular formula is C17H14ClFN2O2S. The summed E-state index contributed by atoms with van der Waals surface area (Å²) in [6.07, 6.45) is 2.35. The number of sulfone groups is 1. The summed E-state index contributed by atoms with van der Waals surface area (Å²) < 4.78 is 38.4. The van der Waals surface area contributed by atoms with Crippen LogP contribution in [0, 0.1) is 5.82 Å². The number of fused-ring (bicyclic) bond motifs is 1. The summed E-state index contributed by atoms with van der Waals surface area (Å²) in [5, 5.41) is 0.478. The van der Waals surface area contributed by atoms with Gasteiger partial charge in [0.2, 0.25) is 0 Å². The topological polar surface area (TPSA) is 49.7 Å². The second kappa shape index (κ2) is 6.03. The van der Waals surface area contributed by atoms with E-state index < -0.39 is 15.7 Å². The van der Waals surface area contributed by atoms with Crippen molar-refractivity contribution in [3.63, 3.8) is 0 Å². The SMILES string of the molecule is CN1C(S(C)(=O)=O)=CN=C(c2ccccc2F)c2cc(Cl)ccc21. The third-order valence-corrected chi connectivity index (χ3v) is 5.09. The molecule has 7 heteroatoms. The molecule has 2 aromatic carbocycles. The molecule has 3 rings (SSSR count). The second-order valence-corrected chi connectivity index (χ2v) is 7.82. The van der Waals surface area contributed by atoms with Crippen molar-refractivity contribution < 1.29 is 12.8 Å². The van der Waals surface area contributed by atoms with Crippen molar-refractivity contribution in [3.8, 4) is 0 Å². The van der Waals surface area contributed by atoms with Gasteiger partial charge in [0.05, 0.1) is 17.6 Å². The zero-order chi connectivity index (χ0) is 17.5. The standard InChI is InChI=1S/C17H14ClFN2O2S/c1-21-15-8-7-11(18)9-13(15)17(12-5-3-4-6-14(12)19)20-10-16(21)24(2,22)23/h3-10H,1-2H3. The normalized spacial score (nSPS) is 14.6. The van der Waals surface area contributed by atoms with E-state index in [4.69, 9.17) is 11.6 Å². The van der Waals surface area contributed by atoms with Gasteiger partial charge in [0.25, 0.3) is 0 Å². The van der Waals surface area contributed by atoms with Crippen molar-refractivity contribution in [1.29, 1.82) is 0 Å². The van der Waals surface area contributed by atoms with Gasteiger partial charge in [0.15, 0.2) is 14.9 Å². The van der Waals surface area contributed by atoms with Crippen LogP contribution in [0.15, 0.2) is 58.7 Å². The van der Waals surface area contributed by atoms with Crippen LogP contribution in [0.2, 0.25) is 5.02 Å². The lowest BCUT2D eigenvalue weighted by atomic mass is 10.00. The highest BCUT2D eigenvalue weighted by atomic mass is 35.5. The second-order valence-electron chi connectivity index (χ2n) is 5.42. The van der Waals surface area contributed by atoms with Crippen LogP contribution in [0.1, 0.15) is 11.1 Å². The van der Waals surface area contributed by atoms with E-state index in [9.17, 15) is 12.8 Å². The van der Waals surface area contributed by atoms with Crippen molar-refractivity contribution >= 4 is 32.8 Å². The fraction of sp³-hybridized carbons (Fsp3) is 0.118. The number of aliphatic imine (C=N–C) groups is 1. The molecule has 0 radical (unpaired) electrons. The van der Waals surface area contributed by atoms with Gasteiger partial charge in [-0.15, -0.1) is 0 Å². The third-order valence-electron chi connectivity index (χ3n) is 3.72. The predicted molar refractivity (Wildman–Crippen MR) is 94.8 cm³/mol. The maximum absolute atomic E-state index is 14.3. The lowest BCUT2D eigenvalue weighted by molar-refractivity contribution is 0.606. The molecule has 1 aliphatic rings. The first-order valence-electron chi connectivity index (χ1n) is 7.05. The number of rotatable bonds is 2. The van der Waals surface area contributed by atoms with Gasteiger partial charge in [-0.3, -0.25) is 4.99 Å². The van der Waals surface area contributed by atoms with Gasteiger partial charge in [-0.05, 0) is 30.3 Å². The number of hydrogen-bond donors (Lipinski definition) is 0. The summed E-state index contributed by atoms with van der Waals surface area (Å²) in [6.45, 7) is 0. The lowest BCUT2D eigenvalue weighted by Crippen LogP contribution is -2.23. The third kappa shape index (κ3) is 2.95. The fourth-order valence-electron chi connectivity index (χ4n) is 2.60. The maximum atomic E-state index is 14.3. The number of anilines is 1. The molecule has 0 aromatic heterocycles. The Morgan fingerprint density at radius 1 is 1.12 bits per heavy atom. The van der Waals surface area contributed by atoms with Crippen LogP contribution in [0.3, 0.4) is 0 Å². The minimum absolute atomic E-state index is 0.0254. The van der Waals surface area contributed by atoms with E-state index in [2.05, 4.69) is 4.99 Å². The Labute approximate surface area is 144 Å². The molecule has 0 aliphatic carbocycles. The maximum Gasteiger partial charge on any atom is 0.192 e. The van der Waals surface area contributed by atoms with E-state index in [1.165, 1.54) is 17.2 Å². The number of benzene rings is 2. The van der Waals surface area contributed by atoms with Crippen LogP contribution in [0.25, 0.3) is 0 Å². The summed E-state index contributed by atoms with van der Waals surface area (Å²) in [5.41, 5.74) is 1.75. The van der Waals surface area contributed by atoms with E-state index in [1.54, 1.807) is 43.4 Å². The van der Waals surface area contributed by atoms with Crippen LogP contribution in [-0.4, -0.2) is 27.4 Å². The molecule has 4 nitrogen and oxygen atoms in total. The average Bonchev–Trinajstić information content (AvgIpc) is 2.64. The molecule has 0 N–H and O–H groups in total. The quantitative estimate of drug-likeness (QED) is 0.818. The zero-order valence-electron chi connectivity index (χ0n) is 13.0. The van der Waals surface area contributed by atoms with Gasteiger partial charge in [-0.2, -0.15) is 0 Å². The molecule has 0 amide bonds. The Hall–Kier alpha value is -2.18. The van der Waals surface area contributed by atoms with Crippen LogP contribution < -0.4 is 4.90 Å². The van der Waals surface area contributed by atoms with E-state index in [-0.39, 0.29) is 10.6 Å². The highest BCUT2D eigenvalue weighted by molar-refractivity contribution is 7.94. The minimum Gasteiger partial charge on any atom is -0.333 e. The van der Waals surface area contributed by atoms with Crippen molar-refractivity contribution in [3.05, 3.63) is 75.7 Å². The first-order valence-corrected chi connectivity index (χ1v) is 9.32. The fourth-order valence-corrected chi connectivity index (χ4v) is 3.61. The number of nitrogens with zero attached hydrogens (tertiary/aromatic N) is 2. The van der Waals surface area contributed by atoms with Gasteiger partial charge in [-0.25, -0.2) is 12.8 Å². The van der Waals surface area contributed by atoms with Gasteiger partial charge in [-0.1, -0.05) is 23.7 Å². The highest BCUT2D eigenvalue weighted by Crippen LogP contribution is 2.32. The Kier molecular flexibility index (Phi) is 4.19. The van der Waals surface area contributed by atoms with Gasteiger partial charge < -0.3 is 4.90 Å². The van der Waals surface area contributed by atoms with Crippen LogP contribution in [-0.2, 0) is 9.84 Å². The van der Waals surface area contributed by atoms with Crippen molar-refractivity contribution in [1.82, 2.24) is 0 Å². The Bertz CT molecular complexity index is 984. The molecule has 2 aromatic rings. The van der Waals surface area contributed by atoms with Gasteiger partial charge in [0, 0.05) is 29.5 Å². The van der Waals surface area contributed by atoms with Gasteiger partial charge in [0.1, 0.15) is 5.82 Å². The van der Waals surface area contributed by atoms with Crippen LogP contribution >= 0.6 is 11.6 Å². The van der Waals surface area contributed by atoms with E-state index in [0.717, 1.165) is 6.26 Å². The van der Waals surface area contributed by atoms with Gasteiger partial charge >= 0.3 is 0 Å². The van der Waals surface area contributed by atoms with E-state index >= 15 is 0 Å². The smallest absolute Gasteiger partial charge is 0.192 e. The number of halogens is 2. The van der Waals surface area contributed by atoms with Crippen molar-refractivity contribution in [2.24, 2.45) is 4.99 Å². The molecule has 1 heterocycles. The van der Waals surface area contributed by atoms with Crippen molar-refractivity contribution in [2.75, 3.05) is 18.2 Å². The number of hydrogen-bond acceptors (Lipinski definition) is 4. The molecule has 0 spiro atoms. The molecule has 0 unspecified atom stereocenters. The summed E-state index contributed by atoms with van der Waals surface area (Å²) in [6, 6.07) is 11.2. The predicted octanol–water partition coefficient (Wildman–Crippen LogP) is 3.61. The van der Waals surface area contributed by atoms with Crippen molar-refractivity contribution in [2.45, 2.75) is 0 Å². The molecule has 0 atom stereocenters. The molecule has 0 saturated heterocycles. The molecule has 124 valence electrons. The molecular weight excluding hydrogens is 351 g/mol. The average molecular weight is 365 g/mol. The summed E-state index contributed by atoms with van der Waals surface area (Å²) in [5.74, 6) is -0.443. The highest BCUT2D eigenvalue weighted by Gasteiger charge is 2.25. The summed E-state index contributed by atoms with van der Waals surface area (Å²) >= 11 is 6.09. The van der Waals surface area contributed by atoms with E-state index in [1.807, 2.05) is 0 Å². The first-order chi connectivity index (χ1) is 11.3. The minimum atomic E-state index is -3.51. The van der Waals surface area contributed by atoms with Crippen LogP contribution in [0.4, 0.5) is 10.1 Å². The largest absolute Gasteiger partial charge is 0.333 e. The Morgan fingerprint density at radius 2 is 1.83 bits per heavy atom. The molecule has 1 aliphatic heterocycles. The van der Waals surface area contributed by atoms with Crippen LogP contribution in [0.5, 0.6) is 0 Å². The molecule has 24 heavy (non-hydrogen) atoms. The summed E-state index contributed by atoms with van der Waals surface area (Å²) in [4.78, 5) is 5.78. The molecule has 0 fully saturated rings. The monoisotopic (exact) mass is 364 g/mol. The first kappa shape index (κ1) is 16.7.